The number of nitrogens with one attached hydrogen (secondary N) is 1. The van der Waals surface area contributed by atoms with Crippen LogP contribution in [-0.4, -0.2) is 23.6 Å². The predicted octanol–water partition coefficient (Wildman–Crippen LogP) is 3.63. The summed E-state index contributed by atoms with van der Waals surface area (Å²) in [7, 11) is 0. The number of carbonyl (C=O) groups excluding carboxylic acids is 1. The number of alkyl halides is 2. The average Bonchev–Trinajstić information content (AvgIpc) is 2.99. The van der Waals surface area contributed by atoms with Crippen molar-refractivity contribution in [2.75, 3.05) is 0 Å². The molecule has 6 nitrogen and oxygen atoms in total. The second-order valence-electron chi connectivity index (χ2n) is 5.25. The molecule has 2 aromatic rings. The van der Waals surface area contributed by atoms with Crippen LogP contribution in [0.25, 0.3) is 0 Å². The number of carboxylic acids is 1. The van der Waals surface area contributed by atoms with E-state index in [-0.39, 0.29) is 22.8 Å². The van der Waals surface area contributed by atoms with Crippen LogP contribution >= 0.6 is 0 Å². The molecule has 1 unspecified atom stereocenters. The van der Waals surface area contributed by atoms with Crippen molar-refractivity contribution in [3.05, 3.63) is 53.0 Å². The fourth-order valence-electron chi connectivity index (χ4n) is 2.27. The number of furan rings is 1. The number of benzene rings is 1. The zero-order valence-corrected chi connectivity index (χ0v) is 13.6. The van der Waals surface area contributed by atoms with Crippen molar-refractivity contribution in [3.63, 3.8) is 0 Å². The maximum absolute atomic E-state index is 12.2. The van der Waals surface area contributed by atoms with Gasteiger partial charge in [0, 0.05) is 12.5 Å². The number of rotatable bonds is 7. The fourth-order valence-corrected chi connectivity index (χ4v) is 2.27. The normalized spacial score (nSPS) is 12.0. The Bertz CT molecular complexity index is 755. The number of hydrogen-bond donors (Lipinski definition) is 2. The van der Waals surface area contributed by atoms with Gasteiger partial charge >= 0.3 is 12.6 Å². The number of halogens is 2. The van der Waals surface area contributed by atoms with E-state index in [4.69, 9.17) is 9.52 Å². The van der Waals surface area contributed by atoms with Gasteiger partial charge in [-0.3, -0.25) is 4.79 Å². The van der Waals surface area contributed by atoms with Gasteiger partial charge in [0.15, 0.2) is 5.76 Å². The van der Waals surface area contributed by atoms with E-state index >= 15 is 0 Å². The molecule has 1 atom stereocenters. The summed E-state index contributed by atoms with van der Waals surface area (Å²) in [6.07, 6.45) is 0.343. The fraction of sp³-hybridized carbons (Fsp3) is 0.294. The highest BCUT2D eigenvalue weighted by atomic mass is 19.3. The van der Waals surface area contributed by atoms with E-state index in [9.17, 15) is 18.4 Å². The third-order valence-electron chi connectivity index (χ3n) is 3.54. The van der Waals surface area contributed by atoms with Crippen molar-refractivity contribution in [1.29, 1.82) is 0 Å². The first kappa shape index (κ1) is 18.4. The van der Waals surface area contributed by atoms with Crippen molar-refractivity contribution in [1.82, 2.24) is 5.32 Å². The molecule has 1 aromatic carbocycles. The highest BCUT2D eigenvalue weighted by Gasteiger charge is 2.21. The van der Waals surface area contributed by atoms with E-state index in [2.05, 4.69) is 10.1 Å². The van der Waals surface area contributed by atoms with Crippen LogP contribution in [0.4, 0.5) is 8.78 Å². The number of aromatic carboxylic acids is 1. The highest BCUT2D eigenvalue weighted by molar-refractivity contribution is 5.96. The zero-order valence-electron chi connectivity index (χ0n) is 13.6. The molecule has 134 valence electrons. The maximum Gasteiger partial charge on any atom is 0.387 e. The van der Waals surface area contributed by atoms with E-state index in [0.717, 1.165) is 0 Å². The van der Waals surface area contributed by atoms with Crippen molar-refractivity contribution < 1.29 is 32.6 Å². The van der Waals surface area contributed by atoms with Crippen molar-refractivity contribution in [2.45, 2.75) is 32.9 Å². The Hall–Kier alpha value is -2.90. The van der Waals surface area contributed by atoms with E-state index in [1.54, 1.807) is 26.0 Å². The minimum atomic E-state index is -2.90. The van der Waals surface area contributed by atoms with Gasteiger partial charge in [-0.2, -0.15) is 8.78 Å². The molecule has 2 rings (SSSR count). The molecule has 1 amide bonds. The summed E-state index contributed by atoms with van der Waals surface area (Å²) in [5.74, 6) is -1.59. The topological polar surface area (TPSA) is 88.8 Å². The van der Waals surface area contributed by atoms with Crippen LogP contribution in [0.2, 0.25) is 0 Å². The molecule has 0 aliphatic carbocycles. The summed E-state index contributed by atoms with van der Waals surface area (Å²) in [5, 5.41) is 11.7. The average molecular weight is 353 g/mol. The summed E-state index contributed by atoms with van der Waals surface area (Å²) in [6, 6.07) is 6.57. The molecule has 1 aromatic heterocycles. The molecule has 0 saturated heterocycles. The lowest BCUT2D eigenvalue weighted by Crippen LogP contribution is -2.26. The van der Waals surface area contributed by atoms with Gasteiger partial charge in [0.1, 0.15) is 17.1 Å². The molecule has 0 spiro atoms. The van der Waals surface area contributed by atoms with E-state index in [1.807, 2.05) is 0 Å². The third kappa shape index (κ3) is 4.56. The van der Waals surface area contributed by atoms with E-state index in [0.29, 0.717) is 12.0 Å². The van der Waals surface area contributed by atoms with Crippen molar-refractivity contribution >= 4 is 11.9 Å². The smallest absolute Gasteiger partial charge is 0.387 e. The van der Waals surface area contributed by atoms with Crippen molar-refractivity contribution in [2.24, 2.45) is 0 Å². The number of carboxylic acid groups (broad SMARTS) is 1. The monoisotopic (exact) mass is 353 g/mol. The standard InChI is InChI=1S/C17H17F2NO5/c1-3-13-12(16(22)23)8-14(25-13)15(21)20-9(2)10-4-6-11(7-5-10)24-17(18)19/h4-9,17H,3H2,1-2H3,(H,20,21)(H,22,23). The number of hydrogen-bond acceptors (Lipinski definition) is 4. The SMILES string of the molecule is CCc1oc(C(=O)NC(C)c2ccc(OC(F)F)cc2)cc1C(=O)O. The van der Waals surface area contributed by atoms with Gasteiger partial charge < -0.3 is 19.6 Å². The van der Waals surface area contributed by atoms with Gasteiger partial charge in [0.05, 0.1) is 6.04 Å². The van der Waals surface area contributed by atoms with Gasteiger partial charge in [0.2, 0.25) is 0 Å². The molecular weight excluding hydrogens is 336 g/mol. The lowest BCUT2D eigenvalue weighted by molar-refractivity contribution is -0.0498. The summed E-state index contributed by atoms with van der Waals surface area (Å²) >= 11 is 0. The number of ether oxygens (including phenoxy) is 1. The minimum absolute atomic E-state index is 0.0157. The summed E-state index contributed by atoms with van der Waals surface area (Å²) in [5.41, 5.74) is 0.615. The van der Waals surface area contributed by atoms with Crippen LogP contribution < -0.4 is 10.1 Å². The second kappa shape index (κ2) is 7.78. The first-order valence-electron chi connectivity index (χ1n) is 7.53. The Labute approximate surface area is 142 Å². The van der Waals surface area contributed by atoms with Crippen molar-refractivity contribution in [3.8, 4) is 5.75 Å². The van der Waals surface area contributed by atoms with E-state index in [1.165, 1.54) is 18.2 Å². The maximum atomic E-state index is 12.2. The Morgan fingerprint density at radius 3 is 2.40 bits per heavy atom. The lowest BCUT2D eigenvalue weighted by Gasteiger charge is -2.14. The van der Waals surface area contributed by atoms with Gasteiger partial charge in [-0.1, -0.05) is 19.1 Å². The Morgan fingerprint density at radius 2 is 1.92 bits per heavy atom. The van der Waals surface area contributed by atoms with Gasteiger partial charge in [-0.15, -0.1) is 0 Å². The quantitative estimate of drug-likeness (QED) is 0.793. The molecule has 0 fully saturated rings. The molecule has 0 radical (unpaired) electrons. The molecule has 25 heavy (non-hydrogen) atoms. The molecular formula is C17H17F2NO5. The van der Waals surface area contributed by atoms with Crippen LogP contribution in [0.15, 0.2) is 34.7 Å². The van der Waals surface area contributed by atoms with Gasteiger partial charge in [-0.25, -0.2) is 4.79 Å². The minimum Gasteiger partial charge on any atom is -0.478 e. The second-order valence-corrected chi connectivity index (χ2v) is 5.25. The van der Waals surface area contributed by atoms with Crippen LogP contribution in [0.3, 0.4) is 0 Å². The molecule has 0 saturated carbocycles. The van der Waals surface area contributed by atoms with Gasteiger partial charge in [0.25, 0.3) is 5.91 Å². The van der Waals surface area contributed by atoms with Crippen LogP contribution in [-0.2, 0) is 6.42 Å². The Balaban J connectivity index is 2.08. The predicted molar refractivity (Wildman–Crippen MR) is 84.0 cm³/mol. The molecule has 8 heteroatoms. The zero-order chi connectivity index (χ0) is 18.6. The first-order valence-corrected chi connectivity index (χ1v) is 7.53. The largest absolute Gasteiger partial charge is 0.478 e. The van der Waals surface area contributed by atoms with E-state index < -0.39 is 24.5 Å². The molecule has 0 bridgehead atoms. The summed E-state index contributed by atoms with van der Waals surface area (Å²) < 4.78 is 33.8. The van der Waals surface area contributed by atoms with Crippen LogP contribution in [0.5, 0.6) is 5.75 Å². The van der Waals surface area contributed by atoms with Gasteiger partial charge in [-0.05, 0) is 24.6 Å². The molecule has 1 heterocycles. The Morgan fingerprint density at radius 1 is 1.28 bits per heavy atom. The summed E-state index contributed by atoms with van der Waals surface area (Å²) in [4.78, 5) is 23.3. The van der Waals surface area contributed by atoms with Crippen LogP contribution in [0.1, 0.15) is 52.1 Å². The number of carbonyl (C=O) groups is 2. The Kier molecular flexibility index (Phi) is 5.74. The summed E-state index contributed by atoms with van der Waals surface area (Å²) in [6.45, 7) is 0.513. The lowest BCUT2D eigenvalue weighted by atomic mass is 10.1. The molecule has 0 aliphatic rings. The number of aryl methyl sites for hydroxylation is 1. The highest BCUT2D eigenvalue weighted by Crippen LogP contribution is 2.21. The molecule has 2 N–H and O–H groups in total. The number of amides is 1. The molecule has 0 aliphatic heterocycles. The van der Waals surface area contributed by atoms with Crippen LogP contribution in [0, 0.1) is 0 Å². The third-order valence-corrected chi connectivity index (χ3v) is 3.54. The first-order chi connectivity index (χ1) is 11.8.